The molecule has 2 heterocycles. The van der Waals surface area contributed by atoms with Crippen LogP contribution in [0.4, 0.5) is 15.9 Å². The summed E-state index contributed by atoms with van der Waals surface area (Å²) in [4.78, 5) is 11.1. The third kappa shape index (κ3) is 5.05. The molecule has 0 amide bonds. The molecule has 1 saturated heterocycles. The molecular weight excluding hydrogens is 546 g/mol. The van der Waals surface area contributed by atoms with Gasteiger partial charge in [0, 0.05) is 29.0 Å². The summed E-state index contributed by atoms with van der Waals surface area (Å²) >= 11 is 9.37. The molecule has 0 radical (unpaired) electrons. The Morgan fingerprint density at radius 2 is 1.88 bits per heavy atom. The Kier molecular flexibility index (Phi) is 7.72. The number of halogens is 4. The fraction of sp³-hybridized carbons (Fsp3) is 0.417. The zero-order chi connectivity index (χ0) is 23.1. The van der Waals surface area contributed by atoms with E-state index in [0.29, 0.717) is 50.2 Å². The second kappa shape index (κ2) is 10.4. The van der Waals surface area contributed by atoms with Gasteiger partial charge in [0.25, 0.3) is 0 Å². The summed E-state index contributed by atoms with van der Waals surface area (Å²) in [6.45, 7) is 3.05. The molecule has 1 saturated carbocycles. The Morgan fingerprint density at radius 1 is 1.15 bits per heavy atom. The van der Waals surface area contributed by atoms with Crippen molar-refractivity contribution < 1.29 is 13.9 Å². The van der Waals surface area contributed by atoms with Crippen LogP contribution in [0.2, 0.25) is 5.02 Å². The fourth-order valence-electron chi connectivity index (χ4n) is 5.19. The minimum absolute atomic E-state index is 0. The zero-order valence-electron chi connectivity index (χ0n) is 18.9. The molecule has 2 aliphatic rings. The van der Waals surface area contributed by atoms with E-state index in [1.807, 2.05) is 12.1 Å². The molecule has 0 bridgehead atoms. The van der Waals surface area contributed by atoms with E-state index in [0.717, 1.165) is 11.8 Å². The summed E-state index contributed by atoms with van der Waals surface area (Å²) in [5.41, 5.74) is 0.900. The van der Waals surface area contributed by atoms with Gasteiger partial charge in [-0.25, -0.2) is 14.4 Å². The lowest BCUT2D eigenvalue weighted by Gasteiger charge is -2.17. The number of aromatic nitrogens is 2. The maximum Gasteiger partial charge on any atom is 0.163 e. The van der Waals surface area contributed by atoms with Crippen molar-refractivity contribution in [2.75, 3.05) is 39.2 Å². The van der Waals surface area contributed by atoms with Crippen molar-refractivity contribution >= 4 is 62.3 Å². The average Bonchev–Trinajstić information content (AvgIpc) is 3.32. The fourth-order valence-corrected chi connectivity index (χ4v) is 5.66. The van der Waals surface area contributed by atoms with Gasteiger partial charge >= 0.3 is 0 Å². The van der Waals surface area contributed by atoms with Crippen molar-refractivity contribution in [2.24, 2.45) is 17.8 Å². The Balaban J connectivity index is 0.00000274. The number of hydrogen-bond acceptors (Lipinski definition) is 6. The van der Waals surface area contributed by atoms with Crippen LogP contribution in [-0.4, -0.2) is 48.7 Å². The van der Waals surface area contributed by atoms with E-state index in [1.54, 1.807) is 7.11 Å². The van der Waals surface area contributed by atoms with E-state index in [9.17, 15) is 4.39 Å². The van der Waals surface area contributed by atoms with Gasteiger partial charge in [-0.1, -0.05) is 11.6 Å². The van der Waals surface area contributed by atoms with E-state index >= 15 is 0 Å². The Bertz CT molecular complexity index is 1190. The molecule has 34 heavy (non-hydrogen) atoms. The van der Waals surface area contributed by atoms with E-state index in [1.165, 1.54) is 44.4 Å². The van der Waals surface area contributed by atoms with Crippen LogP contribution in [-0.2, 0) is 0 Å². The van der Waals surface area contributed by atoms with Crippen molar-refractivity contribution in [1.82, 2.24) is 14.9 Å². The molecule has 2 fully saturated rings. The first-order chi connectivity index (χ1) is 15.9. The van der Waals surface area contributed by atoms with Gasteiger partial charge in [0.15, 0.2) is 11.5 Å². The number of rotatable bonds is 6. The minimum Gasteiger partial charge on any atom is -0.493 e. The Labute approximate surface area is 217 Å². The number of likely N-dealkylation sites (tertiary alicyclic amines) is 1. The van der Waals surface area contributed by atoms with Gasteiger partial charge in [-0.05, 0) is 71.8 Å². The molecule has 3 atom stereocenters. The molecule has 1 aliphatic carbocycles. The lowest BCUT2D eigenvalue weighted by molar-refractivity contribution is 0.227. The topological polar surface area (TPSA) is 59.5 Å². The van der Waals surface area contributed by atoms with Crippen LogP contribution in [0.25, 0.3) is 10.9 Å². The average molecular weight is 572 g/mol. The van der Waals surface area contributed by atoms with Crippen molar-refractivity contribution in [3.8, 4) is 11.5 Å². The summed E-state index contributed by atoms with van der Waals surface area (Å²) in [5.74, 6) is 3.38. The normalized spacial score (nSPS) is 21.9. The van der Waals surface area contributed by atoms with Crippen molar-refractivity contribution in [3.63, 3.8) is 0 Å². The van der Waals surface area contributed by atoms with Crippen LogP contribution in [0, 0.1) is 23.6 Å². The molecule has 0 spiro atoms. The maximum absolute atomic E-state index is 14.4. The van der Waals surface area contributed by atoms with Gasteiger partial charge in [-0.3, -0.25) is 0 Å². The van der Waals surface area contributed by atoms with Gasteiger partial charge < -0.3 is 19.7 Å². The van der Waals surface area contributed by atoms with Crippen LogP contribution in [0.5, 0.6) is 11.5 Å². The number of fused-ring (bicyclic) bond motifs is 2. The summed E-state index contributed by atoms with van der Waals surface area (Å²) in [6.07, 6.45) is 3.86. The van der Waals surface area contributed by atoms with E-state index < -0.39 is 5.82 Å². The van der Waals surface area contributed by atoms with Gasteiger partial charge in [-0.15, -0.1) is 12.4 Å². The van der Waals surface area contributed by atoms with Crippen molar-refractivity contribution in [1.29, 1.82) is 0 Å². The monoisotopic (exact) mass is 570 g/mol. The highest BCUT2D eigenvalue weighted by atomic mass is 79.9. The van der Waals surface area contributed by atoms with Crippen LogP contribution in [0.1, 0.15) is 12.8 Å². The summed E-state index contributed by atoms with van der Waals surface area (Å²) in [7, 11) is 3.81. The van der Waals surface area contributed by atoms with Crippen molar-refractivity contribution in [2.45, 2.75) is 12.8 Å². The smallest absolute Gasteiger partial charge is 0.163 e. The number of benzene rings is 2. The van der Waals surface area contributed by atoms with Crippen LogP contribution >= 0.6 is 39.9 Å². The van der Waals surface area contributed by atoms with Gasteiger partial charge in [0.2, 0.25) is 0 Å². The molecule has 1 N–H and O–H groups in total. The van der Waals surface area contributed by atoms with Gasteiger partial charge in [-0.2, -0.15) is 0 Å². The summed E-state index contributed by atoms with van der Waals surface area (Å²) < 4.78 is 26.7. The maximum atomic E-state index is 14.4. The minimum atomic E-state index is -0.447. The van der Waals surface area contributed by atoms with Crippen molar-refractivity contribution in [3.05, 3.63) is 45.9 Å². The van der Waals surface area contributed by atoms with Crippen LogP contribution in [0.3, 0.4) is 0 Å². The molecular formula is C24H26BrCl2FN4O2. The number of anilines is 2. The van der Waals surface area contributed by atoms with E-state index in [2.05, 4.69) is 43.2 Å². The highest BCUT2D eigenvalue weighted by Gasteiger charge is 2.39. The third-order valence-corrected chi connectivity index (χ3v) is 7.89. The number of hydrogen-bond donors (Lipinski definition) is 1. The SMILES string of the molecule is COc1cc2c(Nc3cc(Cl)c(Br)cc3F)ncnc2cc1OC[C@H]1CC2CN(C)C[C@H]2C1.Cl. The molecule has 1 aromatic heterocycles. The highest BCUT2D eigenvalue weighted by molar-refractivity contribution is 9.10. The first-order valence-electron chi connectivity index (χ1n) is 11.0. The summed E-state index contributed by atoms with van der Waals surface area (Å²) in [5, 5.41) is 4.11. The van der Waals surface area contributed by atoms with Crippen LogP contribution < -0.4 is 14.8 Å². The lowest BCUT2D eigenvalue weighted by atomic mass is 10.0. The largest absolute Gasteiger partial charge is 0.493 e. The molecule has 182 valence electrons. The first kappa shape index (κ1) is 25.2. The quantitative estimate of drug-likeness (QED) is 0.349. The number of nitrogens with zero attached hydrogens (tertiary/aromatic N) is 3. The molecule has 2 aromatic carbocycles. The molecule has 1 aliphatic heterocycles. The Hall–Kier alpha value is -1.87. The Morgan fingerprint density at radius 3 is 2.59 bits per heavy atom. The van der Waals surface area contributed by atoms with E-state index in [4.69, 9.17) is 21.1 Å². The van der Waals surface area contributed by atoms with Crippen LogP contribution in [0.15, 0.2) is 35.1 Å². The number of ether oxygens (including phenoxy) is 2. The second-order valence-corrected chi connectivity index (χ2v) is 10.3. The first-order valence-corrected chi connectivity index (χ1v) is 12.1. The van der Waals surface area contributed by atoms with Gasteiger partial charge in [0.05, 0.1) is 29.9 Å². The predicted molar refractivity (Wildman–Crippen MR) is 138 cm³/mol. The molecule has 5 rings (SSSR count). The molecule has 6 nitrogen and oxygen atoms in total. The summed E-state index contributed by atoms with van der Waals surface area (Å²) in [6, 6.07) is 6.51. The second-order valence-electron chi connectivity index (χ2n) is 9.00. The third-order valence-electron chi connectivity index (χ3n) is 6.69. The molecule has 3 aromatic rings. The standard InChI is InChI=1S/C24H25BrClFN4O2.ClH/c1-31-9-14-3-13(4-15(14)10-31)11-33-23-8-20-16(5-22(23)32-2)24(29-12-28-20)30-21-7-18(26)17(25)6-19(21)27;/h5-8,12-15H,3-4,9-11H2,1-2H3,(H,28,29,30);1H/t13-,14-,15?;/m1./s1. The molecule has 10 heteroatoms. The highest BCUT2D eigenvalue weighted by Crippen LogP contribution is 2.42. The van der Waals surface area contributed by atoms with Gasteiger partial charge in [0.1, 0.15) is 18.0 Å². The zero-order valence-corrected chi connectivity index (χ0v) is 22.0. The molecule has 1 unspecified atom stereocenters. The number of methoxy groups -OCH3 is 1. The predicted octanol–water partition coefficient (Wildman–Crippen LogP) is 6.33. The van der Waals surface area contributed by atoms with E-state index in [-0.39, 0.29) is 18.1 Å². The number of nitrogens with one attached hydrogen (secondary N) is 1. The lowest BCUT2D eigenvalue weighted by Crippen LogP contribution is -2.18.